The van der Waals surface area contributed by atoms with Gasteiger partial charge in [0.1, 0.15) is 5.54 Å². The lowest BCUT2D eigenvalue weighted by Crippen LogP contribution is -2.56. The Kier molecular flexibility index (Phi) is 4.26. The zero-order valence-corrected chi connectivity index (χ0v) is 12.3. The van der Waals surface area contributed by atoms with Gasteiger partial charge in [-0.3, -0.25) is 14.9 Å². The summed E-state index contributed by atoms with van der Waals surface area (Å²) in [5, 5.41) is 22.5. The maximum atomic E-state index is 12.2. The third kappa shape index (κ3) is 3.21. The Morgan fingerprint density at radius 2 is 2.05 bits per heavy atom. The summed E-state index contributed by atoms with van der Waals surface area (Å²) in [5.74, 6) is -1.17. The van der Waals surface area contributed by atoms with Gasteiger partial charge in [-0.05, 0) is 37.7 Å². The lowest BCUT2D eigenvalue weighted by molar-refractivity contribution is -0.380. The highest BCUT2D eigenvalue weighted by atomic mass is 32.1. The number of amides is 1. The molecule has 0 aromatic carbocycles. The number of thiophene rings is 1. The van der Waals surface area contributed by atoms with Crippen molar-refractivity contribution >= 4 is 28.2 Å². The third-order valence-corrected chi connectivity index (χ3v) is 4.92. The fourth-order valence-corrected chi connectivity index (χ4v) is 3.19. The van der Waals surface area contributed by atoms with Crippen molar-refractivity contribution < 1.29 is 19.6 Å². The number of nitrogens with one attached hydrogen (secondary N) is 1. The van der Waals surface area contributed by atoms with Gasteiger partial charge in [-0.25, -0.2) is 4.79 Å². The van der Waals surface area contributed by atoms with Gasteiger partial charge in [-0.1, -0.05) is 18.3 Å². The fraction of sp³-hybridized carbons (Fsp3) is 0.538. The second-order valence-corrected chi connectivity index (χ2v) is 6.48. The van der Waals surface area contributed by atoms with Gasteiger partial charge in [-0.2, -0.15) is 0 Å². The lowest BCUT2D eigenvalue weighted by atomic mass is 9.77. The van der Waals surface area contributed by atoms with E-state index in [1.54, 1.807) is 0 Å². The number of carbonyl (C=O) groups excluding carboxylic acids is 1. The highest BCUT2D eigenvalue weighted by Crippen LogP contribution is 2.33. The molecule has 1 amide bonds. The number of hydrogen-bond donors (Lipinski definition) is 2. The standard InChI is InChI=1S/C13H16N2O5S/c1-8-4-6-13(7-5-8,12(17)18)14-11(16)9-2-3-10(21-9)15(19)20/h2-3,8H,4-7H2,1H3,(H,14,16)(H,17,18). The van der Waals surface area contributed by atoms with Crippen molar-refractivity contribution in [1.29, 1.82) is 0 Å². The lowest BCUT2D eigenvalue weighted by Gasteiger charge is -2.36. The van der Waals surface area contributed by atoms with Crippen LogP contribution in [-0.4, -0.2) is 27.4 Å². The van der Waals surface area contributed by atoms with Crippen LogP contribution in [0.25, 0.3) is 0 Å². The molecule has 0 atom stereocenters. The summed E-state index contributed by atoms with van der Waals surface area (Å²) in [6.07, 6.45) is 2.22. The number of nitro groups is 1. The first-order valence-electron chi connectivity index (χ1n) is 6.64. The van der Waals surface area contributed by atoms with Crippen molar-refractivity contribution in [3.8, 4) is 0 Å². The SMILES string of the molecule is CC1CCC(NC(=O)c2ccc([N+](=O)[O-])s2)(C(=O)O)CC1. The first kappa shape index (κ1) is 15.4. The molecule has 1 fully saturated rings. The summed E-state index contributed by atoms with van der Waals surface area (Å²) in [6, 6.07) is 2.59. The second kappa shape index (κ2) is 5.80. The van der Waals surface area contributed by atoms with Crippen molar-refractivity contribution in [3.63, 3.8) is 0 Å². The molecule has 0 saturated heterocycles. The van der Waals surface area contributed by atoms with Gasteiger partial charge in [0.25, 0.3) is 5.91 Å². The molecule has 1 aliphatic carbocycles. The van der Waals surface area contributed by atoms with Gasteiger partial charge >= 0.3 is 11.0 Å². The van der Waals surface area contributed by atoms with E-state index >= 15 is 0 Å². The Morgan fingerprint density at radius 3 is 2.52 bits per heavy atom. The molecule has 1 heterocycles. The average molecular weight is 312 g/mol. The molecule has 21 heavy (non-hydrogen) atoms. The topological polar surface area (TPSA) is 110 Å². The summed E-state index contributed by atoms with van der Waals surface area (Å²) in [6.45, 7) is 2.05. The van der Waals surface area contributed by atoms with Crippen molar-refractivity contribution in [1.82, 2.24) is 5.32 Å². The highest BCUT2D eigenvalue weighted by molar-refractivity contribution is 7.17. The number of aliphatic carboxylic acids is 1. The molecule has 0 unspecified atom stereocenters. The second-order valence-electron chi connectivity index (χ2n) is 5.42. The fourth-order valence-electron chi connectivity index (χ4n) is 2.47. The molecule has 1 aliphatic rings. The predicted molar refractivity (Wildman–Crippen MR) is 76.4 cm³/mol. The Morgan fingerprint density at radius 1 is 1.43 bits per heavy atom. The number of carboxylic acids is 1. The molecule has 114 valence electrons. The van der Waals surface area contributed by atoms with Crippen molar-refractivity contribution in [3.05, 3.63) is 27.1 Å². The smallest absolute Gasteiger partial charge is 0.329 e. The molecular weight excluding hydrogens is 296 g/mol. The van der Waals surface area contributed by atoms with Gasteiger partial charge in [0.2, 0.25) is 0 Å². The molecule has 0 bridgehead atoms. The zero-order chi connectivity index (χ0) is 15.6. The molecule has 1 saturated carbocycles. The van der Waals surface area contributed by atoms with Gasteiger partial charge in [-0.15, -0.1) is 0 Å². The number of hydrogen-bond acceptors (Lipinski definition) is 5. The molecule has 0 radical (unpaired) electrons. The van der Waals surface area contributed by atoms with Crippen LogP contribution >= 0.6 is 11.3 Å². The van der Waals surface area contributed by atoms with Crippen LogP contribution in [0.15, 0.2) is 12.1 Å². The maximum absolute atomic E-state index is 12.2. The van der Waals surface area contributed by atoms with Gasteiger partial charge in [0.05, 0.1) is 9.80 Å². The summed E-state index contributed by atoms with van der Waals surface area (Å²) >= 11 is 0.745. The molecule has 8 heteroatoms. The van der Waals surface area contributed by atoms with Crippen LogP contribution in [0.4, 0.5) is 5.00 Å². The first-order chi connectivity index (χ1) is 9.84. The monoisotopic (exact) mass is 312 g/mol. The summed E-state index contributed by atoms with van der Waals surface area (Å²) in [7, 11) is 0. The number of carbonyl (C=O) groups is 2. The Balaban J connectivity index is 2.15. The number of carboxylic acid groups (broad SMARTS) is 1. The molecule has 0 aliphatic heterocycles. The van der Waals surface area contributed by atoms with E-state index in [0.29, 0.717) is 18.8 Å². The molecule has 7 nitrogen and oxygen atoms in total. The molecule has 2 N–H and O–H groups in total. The Bertz CT molecular complexity index is 575. The van der Waals surface area contributed by atoms with Crippen LogP contribution in [-0.2, 0) is 4.79 Å². The first-order valence-corrected chi connectivity index (χ1v) is 7.46. The van der Waals surface area contributed by atoms with Crippen molar-refractivity contribution in [2.24, 2.45) is 5.92 Å². The largest absolute Gasteiger partial charge is 0.480 e. The number of nitrogens with zero attached hydrogens (tertiary/aromatic N) is 1. The minimum atomic E-state index is -1.26. The minimum Gasteiger partial charge on any atom is -0.480 e. The predicted octanol–water partition coefficient (Wildman–Crippen LogP) is 2.42. The van der Waals surface area contributed by atoms with E-state index in [0.717, 1.165) is 24.2 Å². The summed E-state index contributed by atoms with van der Waals surface area (Å²) < 4.78 is 0. The molecule has 1 aromatic heterocycles. The van der Waals surface area contributed by atoms with E-state index < -0.39 is 22.3 Å². The zero-order valence-electron chi connectivity index (χ0n) is 11.5. The average Bonchev–Trinajstić information content (AvgIpc) is 2.91. The highest BCUT2D eigenvalue weighted by Gasteiger charge is 2.42. The van der Waals surface area contributed by atoms with Crippen LogP contribution in [0, 0.1) is 16.0 Å². The third-order valence-electron chi connectivity index (χ3n) is 3.89. The summed E-state index contributed by atoms with van der Waals surface area (Å²) in [4.78, 5) is 33.9. The van der Waals surface area contributed by atoms with E-state index in [1.807, 2.05) is 0 Å². The van der Waals surface area contributed by atoms with Gasteiger partial charge < -0.3 is 10.4 Å². The van der Waals surface area contributed by atoms with E-state index in [9.17, 15) is 24.8 Å². The van der Waals surface area contributed by atoms with E-state index in [1.165, 1.54) is 12.1 Å². The van der Waals surface area contributed by atoms with Crippen LogP contribution in [0.1, 0.15) is 42.3 Å². The van der Waals surface area contributed by atoms with Crippen LogP contribution in [0.2, 0.25) is 0 Å². The molecule has 1 aromatic rings. The van der Waals surface area contributed by atoms with Crippen LogP contribution in [0.3, 0.4) is 0 Å². The minimum absolute atomic E-state index is 0.137. The number of rotatable bonds is 4. The van der Waals surface area contributed by atoms with Crippen LogP contribution in [0.5, 0.6) is 0 Å². The molecule has 2 rings (SSSR count). The van der Waals surface area contributed by atoms with Gasteiger partial charge in [0, 0.05) is 6.07 Å². The molecule has 0 spiro atoms. The maximum Gasteiger partial charge on any atom is 0.329 e. The van der Waals surface area contributed by atoms with Gasteiger partial charge in [0.15, 0.2) is 0 Å². The normalized spacial score (nSPS) is 25.3. The van der Waals surface area contributed by atoms with E-state index in [4.69, 9.17) is 0 Å². The van der Waals surface area contributed by atoms with E-state index in [2.05, 4.69) is 12.2 Å². The summed E-state index contributed by atoms with van der Waals surface area (Å²) in [5.41, 5.74) is -1.26. The Labute approximate surface area is 125 Å². The van der Waals surface area contributed by atoms with Crippen molar-refractivity contribution in [2.45, 2.75) is 38.1 Å². The molecular formula is C13H16N2O5S. The Hall–Kier alpha value is -1.96. The van der Waals surface area contributed by atoms with Crippen molar-refractivity contribution in [2.75, 3.05) is 0 Å². The van der Waals surface area contributed by atoms with E-state index in [-0.39, 0.29) is 9.88 Å². The van der Waals surface area contributed by atoms with Crippen LogP contribution < -0.4 is 5.32 Å². The quantitative estimate of drug-likeness (QED) is 0.655.